The number of amides is 1. The van der Waals surface area contributed by atoms with Gasteiger partial charge in [0.15, 0.2) is 0 Å². The number of hydrogen-bond donors (Lipinski definition) is 2. The van der Waals surface area contributed by atoms with Crippen LogP contribution in [0.3, 0.4) is 0 Å². The van der Waals surface area contributed by atoms with Gasteiger partial charge in [0.2, 0.25) is 5.91 Å². The largest absolute Gasteiger partial charge is 0.371 e. The lowest BCUT2D eigenvalue weighted by molar-refractivity contribution is -0.121. The van der Waals surface area contributed by atoms with Crippen LogP contribution in [-0.4, -0.2) is 25.7 Å². The van der Waals surface area contributed by atoms with Crippen LogP contribution in [-0.2, 0) is 9.53 Å². The average Bonchev–Trinajstić information content (AvgIpc) is 2.86. The maximum atomic E-state index is 13.0. The molecule has 2 unspecified atom stereocenters. The van der Waals surface area contributed by atoms with Crippen LogP contribution < -0.4 is 11.1 Å². The number of nitrogens with one attached hydrogen (secondary N) is 1. The fourth-order valence-corrected chi connectivity index (χ4v) is 2.71. The number of benzene rings is 1. The molecule has 5 heteroatoms. The average molecular weight is 280 g/mol. The third-order valence-corrected chi connectivity index (χ3v) is 3.79. The fourth-order valence-electron chi connectivity index (χ4n) is 2.71. The molecule has 1 saturated carbocycles. The quantitative estimate of drug-likeness (QED) is 0.839. The van der Waals surface area contributed by atoms with E-state index in [0.29, 0.717) is 30.7 Å². The topological polar surface area (TPSA) is 64.3 Å². The van der Waals surface area contributed by atoms with E-state index in [9.17, 15) is 9.18 Å². The van der Waals surface area contributed by atoms with Crippen molar-refractivity contribution in [3.05, 3.63) is 30.1 Å². The van der Waals surface area contributed by atoms with Gasteiger partial charge in [-0.15, -0.1) is 0 Å². The van der Waals surface area contributed by atoms with Gasteiger partial charge in [0.05, 0.1) is 6.61 Å². The first-order valence-electron chi connectivity index (χ1n) is 7.02. The van der Waals surface area contributed by atoms with Crippen molar-refractivity contribution in [2.75, 3.05) is 25.1 Å². The molecule has 0 radical (unpaired) electrons. The highest BCUT2D eigenvalue weighted by Crippen LogP contribution is 2.30. The zero-order valence-corrected chi connectivity index (χ0v) is 11.5. The zero-order valence-electron chi connectivity index (χ0n) is 11.5. The van der Waals surface area contributed by atoms with E-state index in [2.05, 4.69) is 5.32 Å². The van der Waals surface area contributed by atoms with Crippen LogP contribution in [0.15, 0.2) is 24.3 Å². The molecule has 20 heavy (non-hydrogen) atoms. The lowest BCUT2D eigenvalue weighted by atomic mass is 9.97. The number of rotatable bonds is 6. The second-order valence-electron chi connectivity index (χ2n) is 5.26. The molecule has 1 amide bonds. The van der Waals surface area contributed by atoms with Gasteiger partial charge in [-0.3, -0.25) is 4.79 Å². The Morgan fingerprint density at radius 2 is 2.20 bits per heavy atom. The summed E-state index contributed by atoms with van der Waals surface area (Å²) >= 11 is 0. The van der Waals surface area contributed by atoms with Gasteiger partial charge in [0.1, 0.15) is 12.4 Å². The van der Waals surface area contributed by atoms with Gasteiger partial charge in [-0.1, -0.05) is 12.5 Å². The third kappa shape index (κ3) is 4.28. The molecule has 0 aliphatic heterocycles. The summed E-state index contributed by atoms with van der Waals surface area (Å²) in [7, 11) is 0. The lowest BCUT2D eigenvalue weighted by Crippen LogP contribution is -2.25. The molecule has 0 bridgehead atoms. The highest BCUT2D eigenvalue weighted by Gasteiger charge is 2.26. The van der Waals surface area contributed by atoms with Gasteiger partial charge >= 0.3 is 0 Å². The van der Waals surface area contributed by atoms with Gasteiger partial charge in [0, 0.05) is 5.69 Å². The van der Waals surface area contributed by atoms with E-state index in [4.69, 9.17) is 10.5 Å². The van der Waals surface area contributed by atoms with E-state index in [1.807, 2.05) is 0 Å². The molecule has 0 saturated heterocycles. The van der Waals surface area contributed by atoms with Crippen LogP contribution in [0.4, 0.5) is 10.1 Å². The van der Waals surface area contributed by atoms with Crippen molar-refractivity contribution < 1.29 is 13.9 Å². The van der Waals surface area contributed by atoms with Crippen molar-refractivity contribution in [3.63, 3.8) is 0 Å². The highest BCUT2D eigenvalue weighted by atomic mass is 19.1. The standard InChI is InChI=1S/C15H21FN2O2/c16-13-5-2-6-14(7-13)18-15(19)10-20-9-12-4-1-3-11(12)8-17/h2,5-7,11-12H,1,3-4,8-10,17H2,(H,18,19). The van der Waals surface area contributed by atoms with Gasteiger partial charge in [0.25, 0.3) is 0 Å². The lowest BCUT2D eigenvalue weighted by Gasteiger charge is -2.17. The molecular weight excluding hydrogens is 259 g/mol. The first-order chi connectivity index (χ1) is 9.69. The second-order valence-corrected chi connectivity index (χ2v) is 5.26. The van der Waals surface area contributed by atoms with Crippen molar-refractivity contribution in [2.45, 2.75) is 19.3 Å². The Labute approximate surface area is 118 Å². The number of halogens is 1. The summed E-state index contributed by atoms with van der Waals surface area (Å²) in [6.07, 6.45) is 3.46. The number of ether oxygens (including phenoxy) is 1. The minimum absolute atomic E-state index is 0.00962. The Hall–Kier alpha value is -1.46. The maximum Gasteiger partial charge on any atom is 0.250 e. The molecule has 2 atom stereocenters. The summed E-state index contributed by atoms with van der Waals surface area (Å²) in [5.41, 5.74) is 6.15. The molecule has 1 aromatic carbocycles. The van der Waals surface area contributed by atoms with E-state index in [1.54, 1.807) is 12.1 Å². The second kappa shape index (κ2) is 7.36. The highest BCUT2D eigenvalue weighted by molar-refractivity contribution is 5.91. The van der Waals surface area contributed by atoms with Crippen LogP contribution in [0.2, 0.25) is 0 Å². The predicted octanol–water partition coefficient (Wildman–Crippen LogP) is 2.16. The molecule has 1 aliphatic rings. The number of nitrogens with two attached hydrogens (primary N) is 1. The Morgan fingerprint density at radius 1 is 1.40 bits per heavy atom. The number of anilines is 1. The van der Waals surface area contributed by atoms with Gasteiger partial charge in [-0.25, -0.2) is 4.39 Å². The molecule has 110 valence electrons. The molecule has 0 aromatic heterocycles. The summed E-state index contributed by atoms with van der Waals surface area (Å²) in [6.45, 7) is 1.24. The van der Waals surface area contributed by atoms with Crippen LogP contribution in [0.25, 0.3) is 0 Å². The van der Waals surface area contributed by atoms with Crippen LogP contribution in [0.1, 0.15) is 19.3 Å². The van der Waals surface area contributed by atoms with Crippen molar-refractivity contribution >= 4 is 11.6 Å². The molecule has 0 heterocycles. The van der Waals surface area contributed by atoms with Crippen LogP contribution in [0.5, 0.6) is 0 Å². The molecule has 4 nitrogen and oxygen atoms in total. The van der Waals surface area contributed by atoms with E-state index in [1.165, 1.54) is 18.6 Å². The summed E-state index contributed by atoms with van der Waals surface area (Å²) in [4.78, 5) is 11.7. The summed E-state index contributed by atoms with van der Waals surface area (Å²) in [5.74, 6) is 0.335. The summed E-state index contributed by atoms with van der Waals surface area (Å²) < 4.78 is 18.4. The van der Waals surface area contributed by atoms with Crippen LogP contribution >= 0.6 is 0 Å². The predicted molar refractivity (Wildman–Crippen MR) is 75.7 cm³/mol. The zero-order chi connectivity index (χ0) is 14.4. The van der Waals surface area contributed by atoms with E-state index in [-0.39, 0.29) is 18.3 Å². The van der Waals surface area contributed by atoms with Gasteiger partial charge in [-0.05, 0) is 49.4 Å². The third-order valence-electron chi connectivity index (χ3n) is 3.79. The van der Waals surface area contributed by atoms with Crippen LogP contribution in [0, 0.1) is 17.7 Å². The Balaban J connectivity index is 1.70. The molecule has 0 spiro atoms. The maximum absolute atomic E-state index is 13.0. The smallest absolute Gasteiger partial charge is 0.250 e. The minimum Gasteiger partial charge on any atom is -0.371 e. The number of carbonyl (C=O) groups excluding carboxylic acids is 1. The SMILES string of the molecule is NCC1CCCC1COCC(=O)Nc1cccc(F)c1. The van der Waals surface area contributed by atoms with E-state index >= 15 is 0 Å². The van der Waals surface area contributed by atoms with Gasteiger partial charge < -0.3 is 15.8 Å². The number of carbonyl (C=O) groups is 1. The minimum atomic E-state index is -0.375. The van der Waals surface area contributed by atoms with Crippen molar-refractivity contribution in [1.82, 2.24) is 0 Å². The first-order valence-corrected chi connectivity index (χ1v) is 7.02. The van der Waals surface area contributed by atoms with Crippen molar-refractivity contribution in [2.24, 2.45) is 17.6 Å². The summed E-state index contributed by atoms with van der Waals surface area (Å²) in [5, 5.41) is 2.60. The molecule has 1 fully saturated rings. The van der Waals surface area contributed by atoms with E-state index < -0.39 is 0 Å². The summed E-state index contributed by atoms with van der Waals surface area (Å²) in [6, 6.07) is 5.80. The normalized spacial score (nSPS) is 21.9. The Morgan fingerprint density at radius 3 is 2.95 bits per heavy atom. The fraction of sp³-hybridized carbons (Fsp3) is 0.533. The Bertz CT molecular complexity index is 453. The molecule has 2 rings (SSSR count). The first kappa shape index (κ1) is 14.9. The molecule has 1 aliphatic carbocycles. The number of hydrogen-bond acceptors (Lipinski definition) is 3. The van der Waals surface area contributed by atoms with E-state index in [0.717, 1.165) is 12.8 Å². The molecule has 1 aromatic rings. The Kier molecular flexibility index (Phi) is 5.49. The molecular formula is C15H21FN2O2. The van der Waals surface area contributed by atoms with Crippen molar-refractivity contribution in [3.8, 4) is 0 Å². The van der Waals surface area contributed by atoms with Crippen molar-refractivity contribution in [1.29, 1.82) is 0 Å². The van der Waals surface area contributed by atoms with Gasteiger partial charge in [-0.2, -0.15) is 0 Å². The molecule has 3 N–H and O–H groups in total. The monoisotopic (exact) mass is 280 g/mol.